The van der Waals surface area contributed by atoms with Crippen molar-refractivity contribution in [1.29, 1.82) is 5.41 Å². The van der Waals surface area contributed by atoms with Crippen LogP contribution in [0.15, 0.2) is 60.7 Å². The van der Waals surface area contributed by atoms with Gasteiger partial charge in [-0.05, 0) is 24.3 Å². The summed E-state index contributed by atoms with van der Waals surface area (Å²) in [6.45, 7) is 0. The fourth-order valence-corrected chi connectivity index (χ4v) is 1.21. The fourth-order valence-electron chi connectivity index (χ4n) is 1.21. The van der Waals surface area contributed by atoms with Gasteiger partial charge in [0.2, 0.25) is 0 Å². The Kier molecular flexibility index (Phi) is 5.20. The summed E-state index contributed by atoms with van der Waals surface area (Å²) in [4.78, 5) is 0. The first-order valence-electron chi connectivity index (χ1n) is 4.94. The van der Waals surface area contributed by atoms with E-state index in [1.54, 1.807) is 0 Å². The van der Waals surface area contributed by atoms with Crippen LogP contribution in [0.25, 0.3) is 0 Å². The topological polar surface area (TPSA) is 61.9 Å². The molecule has 3 nitrogen and oxygen atoms in total. The van der Waals surface area contributed by atoms with E-state index in [4.69, 9.17) is 5.41 Å². The third-order valence-corrected chi connectivity index (χ3v) is 1.84. The molecule has 0 atom stereocenters. The van der Waals surface area contributed by atoms with Gasteiger partial charge in [-0.2, -0.15) is 0 Å². The highest BCUT2D eigenvalue weighted by atomic mass is 14.9. The Hall–Kier alpha value is -2.29. The van der Waals surface area contributed by atoms with Gasteiger partial charge in [0, 0.05) is 11.4 Å². The molecule has 0 radical (unpaired) electrons. The minimum atomic E-state index is 0.750. The fraction of sp³-hybridized carbons (Fsp3) is 0. The molecule has 2 rings (SSSR count). The monoisotopic (exact) mass is 213 g/mol. The first-order chi connectivity index (χ1) is 7.86. The Morgan fingerprint density at radius 2 is 1.12 bits per heavy atom. The second-order valence-corrected chi connectivity index (χ2v) is 3.02. The lowest BCUT2D eigenvalue weighted by Crippen LogP contribution is -1.87. The van der Waals surface area contributed by atoms with Crippen molar-refractivity contribution in [3.05, 3.63) is 60.7 Å². The highest BCUT2D eigenvalue weighted by molar-refractivity contribution is 5.58. The number of nitrogens with two attached hydrogens (primary N) is 1. The zero-order valence-corrected chi connectivity index (χ0v) is 8.93. The molecule has 0 saturated carbocycles. The van der Waals surface area contributed by atoms with Gasteiger partial charge >= 0.3 is 0 Å². The first-order valence-corrected chi connectivity index (χ1v) is 4.94. The van der Waals surface area contributed by atoms with Crippen LogP contribution in [0.2, 0.25) is 0 Å². The smallest absolute Gasteiger partial charge is 0.0765 e. The quantitative estimate of drug-likeness (QED) is 0.530. The summed E-state index contributed by atoms with van der Waals surface area (Å²) < 4.78 is 0. The summed E-state index contributed by atoms with van der Waals surface area (Å²) in [5, 5.41) is 9.16. The van der Waals surface area contributed by atoms with Crippen LogP contribution < -0.4 is 11.1 Å². The molecule has 0 saturated heterocycles. The average molecular weight is 213 g/mol. The molecule has 3 heteroatoms. The molecule has 0 aromatic heterocycles. The Labute approximate surface area is 95.4 Å². The van der Waals surface area contributed by atoms with Gasteiger partial charge in [-0.15, -0.1) is 0 Å². The van der Waals surface area contributed by atoms with Crippen molar-refractivity contribution in [3.63, 3.8) is 0 Å². The van der Waals surface area contributed by atoms with Crippen LogP contribution in [0.4, 0.5) is 11.4 Å². The molecule has 0 unspecified atom stereocenters. The summed E-state index contributed by atoms with van der Waals surface area (Å²) >= 11 is 0. The molecule has 2 aromatic rings. The third kappa shape index (κ3) is 4.28. The molecule has 82 valence electrons. The standard InChI is InChI=1S/C12H11N.CH4N2/c1-3-7-11(8-4-1)13-12-9-5-2-6-10-12;2-1-3/h1-10,13H;1H,(H3,2,3). The Morgan fingerprint density at radius 1 is 0.812 bits per heavy atom. The number of anilines is 2. The van der Waals surface area contributed by atoms with Crippen LogP contribution in [0.1, 0.15) is 0 Å². The van der Waals surface area contributed by atoms with Crippen molar-refractivity contribution in [1.82, 2.24) is 0 Å². The summed E-state index contributed by atoms with van der Waals surface area (Å²) in [6.07, 6.45) is 0.750. The minimum Gasteiger partial charge on any atom is -0.390 e. The normalized spacial score (nSPS) is 8.50. The Bertz CT molecular complexity index is 361. The SMILES string of the molecule is N=CN.c1ccc(Nc2ccccc2)cc1. The number of hydrogen-bond acceptors (Lipinski definition) is 2. The Balaban J connectivity index is 0.000000386. The van der Waals surface area contributed by atoms with Crippen LogP contribution in [-0.2, 0) is 0 Å². The summed E-state index contributed by atoms with van der Waals surface area (Å²) in [7, 11) is 0. The van der Waals surface area contributed by atoms with Gasteiger partial charge in [0.15, 0.2) is 0 Å². The molecule has 0 fully saturated rings. The second kappa shape index (κ2) is 7.06. The van der Waals surface area contributed by atoms with E-state index in [1.165, 1.54) is 0 Å². The van der Waals surface area contributed by atoms with Gasteiger partial charge in [0.05, 0.1) is 6.34 Å². The van der Waals surface area contributed by atoms with Crippen molar-refractivity contribution >= 4 is 17.7 Å². The van der Waals surface area contributed by atoms with Crippen LogP contribution in [0.5, 0.6) is 0 Å². The number of benzene rings is 2. The van der Waals surface area contributed by atoms with E-state index in [9.17, 15) is 0 Å². The zero-order chi connectivity index (χ0) is 11.6. The summed E-state index contributed by atoms with van der Waals surface area (Å²) in [5.41, 5.74) is 6.63. The minimum absolute atomic E-state index is 0.750. The van der Waals surface area contributed by atoms with Crippen molar-refractivity contribution in [3.8, 4) is 0 Å². The average Bonchev–Trinajstić information content (AvgIpc) is 2.33. The molecule has 2 aromatic carbocycles. The predicted octanol–water partition coefficient (Wildman–Crippen LogP) is 2.98. The lowest BCUT2D eigenvalue weighted by Gasteiger charge is -2.04. The summed E-state index contributed by atoms with van der Waals surface area (Å²) in [5.74, 6) is 0. The largest absolute Gasteiger partial charge is 0.390 e. The van der Waals surface area contributed by atoms with Gasteiger partial charge in [-0.1, -0.05) is 36.4 Å². The summed E-state index contributed by atoms with van der Waals surface area (Å²) in [6, 6.07) is 20.3. The Morgan fingerprint density at radius 3 is 1.44 bits per heavy atom. The van der Waals surface area contributed by atoms with Crippen molar-refractivity contribution in [2.24, 2.45) is 5.73 Å². The number of para-hydroxylation sites is 2. The van der Waals surface area contributed by atoms with Crippen molar-refractivity contribution in [2.45, 2.75) is 0 Å². The molecule has 0 amide bonds. The number of rotatable bonds is 2. The van der Waals surface area contributed by atoms with E-state index in [1.807, 2.05) is 60.7 Å². The van der Waals surface area contributed by atoms with Gasteiger partial charge in [-0.25, -0.2) is 0 Å². The van der Waals surface area contributed by atoms with E-state index in [0.29, 0.717) is 0 Å². The molecule has 16 heavy (non-hydrogen) atoms. The maximum Gasteiger partial charge on any atom is 0.0765 e. The van der Waals surface area contributed by atoms with E-state index in [0.717, 1.165) is 17.7 Å². The van der Waals surface area contributed by atoms with E-state index in [-0.39, 0.29) is 0 Å². The van der Waals surface area contributed by atoms with E-state index >= 15 is 0 Å². The maximum absolute atomic E-state index is 5.86. The predicted molar refractivity (Wildman–Crippen MR) is 69.1 cm³/mol. The highest BCUT2D eigenvalue weighted by Gasteiger charge is 1.89. The van der Waals surface area contributed by atoms with Crippen molar-refractivity contribution in [2.75, 3.05) is 5.32 Å². The second-order valence-electron chi connectivity index (χ2n) is 3.02. The molecular weight excluding hydrogens is 198 g/mol. The van der Waals surface area contributed by atoms with Crippen molar-refractivity contribution < 1.29 is 0 Å². The van der Waals surface area contributed by atoms with Gasteiger partial charge < -0.3 is 11.1 Å². The lowest BCUT2D eigenvalue weighted by atomic mass is 10.3. The van der Waals surface area contributed by atoms with Gasteiger partial charge in [0.1, 0.15) is 0 Å². The molecule has 0 aliphatic carbocycles. The number of hydrogen-bond donors (Lipinski definition) is 3. The molecule has 0 spiro atoms. The molecule has 0 aliphatic rings. The maximum atomic E-state index is 5.86. The lowest BCUT2D eigenvalue weighted by molar-refractivity contribution is 1.52. The van der Waals surface area contributed by atoms with Crippen LogP contribution in [0.3, 0.4) is 0 Å². The van der Waals surface area contributed by atoms with E-state index in [2.05, 4.69) is 11.1 Å². The number of nitrogens with one attached hydrogen (secondary N) is 2. The van der Waals surface area contributed by atoms with Gasteiger partial charge in [0.25, 0.3) is 0 Å². The molecule has 0 heterocycles. The van der Waals surface area contributed by atoms with Gasteiger partial charge in [-0.3, -0.25) is 5.41 Å². The zero-order valence-electron chi connectivity index (χ0n) is 8.93. The molecule has 4 N–H and O–H groups in total. The molecular formula is C13H15N3. The van der Waals surface area contributed by atoms with Crippen LogP contribution >= 0.6 is 0 Å². The molecule has 0 bridgehead atoms. The molecule has 0 aliphatic heterocycles. The van der Waals surface area contributed by atoms with E-state index < -0.39 is 0 Å². The highest BCUT2D eigenvalue weighted by Crippen LogP contribution is 2.14. The van der Waals surface area contributed by atoms with Crippen LogP contribution in [-0.4, -0.2) is 6.34 Å². The third-order valence-electron chi connectivity index (χ3n) is 1.84. The first kappa shape index (κ1) is 11.8. The van der Waals surface area contributed by atoms with Crippen LogP contribution in [0, 0.1) is 5.41 Å².